The fourth-order valence-electron chi connectivity index (χ4n) is 1.92. The quantitative estimate of drug-likeness (QED) is 0.882. The van der Waals surface area contributed by atoms with E-state index in [2.05, 4.69) is 34.2 Å². The summed E-state index contributed by atoms with van der Waals surface area (Å²) in [5.41, 5.74) is 0.726. The molecule has 2 N–H and O–H groups in total. The zero-order valence-corrected chi connectivity index (χ0v) is 11.1. The first kappa shape index (κ1) is 12.0. The minimum atomic E-state index is -0.115. The molecule has 0 radical (unpaired) electrons. The van der Waals surface area contributed by atoms with Crippen LogP contribution in [0.5, 0.6) is 0 Å². The second-order valence-electron chi connectivity index (χ2n) is 5.22. The molecule has 100 valence electrons. The van der Waals surface area contributed by atoms with Gasteiger partial charge in [-0.2, -0.15) is 5.10 Å². The number of nitrogens with one attached hydrogen (secondary N) is 2. The van der Waals surface area contributed by atoms with E-state index < -0.39 is 0 Å². The van der Waals surface area contributed by atoms with Crippen LogP contribution in [0.15, 0.2) is 23.3 Å². The van der Waals surface area contributed by atoms with Gasteiger partial charge in [0.15, 0.2) is 0 Å². The molecule has 0 unspecified atom stereocenters. The van der Waals surface area contributed by atoms with E-state index in [4.69, 9.17) is 0 Å². The lowest BCUT2D eigenvalue weighted by atomic mass is 10.4. The monoisotopic (exact) mass is 259 g/mol. The van der Waals surface area contributed by atoms with Crippen molar-refractivity contribution in [1.82, 2.24) is 19.7 Å². The van der Waals surface area contributed by atoms with Gasteiger partial charge in [-0.15, -0.1) is 0 Å². The molecule has 1 aliphatic carbocycles. The Morgan fingerprint density at radius 3 is 2.89 bits per heavy atom. The molecule has 0 bridgehead atoms. The van der Waals surface area contributed by atoms with Crippen LogP contribution in [0.4, 0.5) is 11.5 Å². The number of aromatic nitrogens is 4. The van der Waals surface area contributed by atoms with Gasteiger partial charge in [-0.25, -0.2) is 4.98 Å². The molecule has 2 aromatic rings. The van der Waals surface area contributed by atoms with Crippen LogP contribution in [0, 0.1) is 0 Å². The highest BCUT2D eigenvalue weighted by atomic mass is 16.1. The molecule has 0 spiro atoms. The summed E-state index contributed by atoms with van der Waals surface area (Å²) in [6.07, 6.45) is 5.86. The summed E-state index contributed by atoms with van der Waals surface area (Å²) in [6, 6.07) is 1.78. The number of H-pyrrole nitrogens is 1. The second-order valence-corrected chi connectivity index (χ2v) is 5.22. The van der Waals surface area contributed by atoms with E-state index in [1.165, 1.54) is 6.07 Å². The standard InChI is InChI=1S/C13H17N5O/c1-8(2)18-7-10(6-14-18)15-11-5-12(19)17-13(16-11)9-3-4-9/h5-9H,3-4H2,1-2H3,(H2,15,16,17,19). The lowest BCUT2D eigenvalue weighted by molar-refractivity contribution is 0.532. The van der Waals surface area contributed by atoms with Crippen molar-refractivity contribution in [3.8, 4) is 0 Å². The summed E-state index contributed by atoms with van der Waals surface area (Å²) in [5.74, 6) is 1.79. The average Bonchev–Trinajstić information content (AvgIpc) is 3.09. The minimum absolute atomic E-state index is 0.115. The Hall–Kier alpha value is -2.11. The lowest BCUT2D eigenvalue weighted by Gasteiger charge is -2.05. The largest absolute Gasteiger partial charge is 0.337 e. The number of hydrogen-bond acceptors (Lipinski definition) is 4. The fraction of sp³-hybridized carbons (Fsp3) is 0.462. The van der Waals surface area contributed by atoms with Crippen LogP contribution in [0.25, 0.3) is 0 Å². The fourth-order valence-corrected chi connectivity index (χ4v) is 1.92. The van der Waals surface area contributed by atoms with Gasteiger partial charge < -0.3 is 10.3 Å². The van der Waals surface area contributed by atoms with Gasteiger partial charge in [-0.1, -0.05) is 0 Å². The van der Waals surface area contributed by atoms with E-state index in [0.29, 0.717) is 17.8 Å². The molecule has 19 heavy (non-hydrogen) atoms. The van der Waals surface area contributed by atoms with Crippen molar-refractivity contribution in [1.29, 1.82) is 0 Å². The highest BCUT2D eigenvalue weighted by Crippen LogP contribution is 2.37. The summed E-state index contributed by atoms with van der Waals surface area (Å²) >= 11 is 0. The Balaban J connectivity index is 1.83. The van der Waals surface area contributed by atoms with Crippen LogP contribution in [0.1, 0.15) is 44.5 Å². The van der Waals surface area contributed by atoms with Crippen molar-refractivity contribution in [2.45, 2.75) is 38.6 Å². The highest BCUT2D eigenvalue weighted by molar-refractivity contribution is 5.53. The second kappa shape index (κ2) is 4.53. The Bertz CT molecular complexity index is 638. The summed E-state index contributed by atoms with van der Waals surface area (Å²) in [6.45, 7) is 4.13. The molecular formula is C13H17N5O. The minimum Gasteiger partial charge on any atom is -0.337 e. The number of rotatable bonds is 4. The third kappa shape index (κ3) is 2.67. The van der Waals surface area contributed by atoms with E-state index in [-0.39, 0.29) is 5.56 Å². The van der Waals surface area contributed by atoms with Gasteiger partial charge in [-0.05, 0) is 26.7 Å². The van der Waals surface area contributed by atoms with Gasteiger partial charge in [-0.3, -0.25) is 9.48 Å². The highest BCUT2D eigenvalue weighted by Gasteiger charge is 2.26. The first-order chi connectivity index (χ1) is 9.11. The molecule has 0 aromatic carbocycles. The summed E-state index contributed by atoms with van der Waals surface area (Å²) < 4.78 is 1.86. The van der Waals surface area contributed by atoms with E-state index in [1.54, 1.807) is 6.20 Å². The maximum absolute atomic E-state index is 11.6. The van der Waals surface area contributed by atoms with Crippen LogP contribution in [-0.2, 0) is 0 Å². The normalized spacial score (nSPS) is 14.9. The van der Waals surface area contributed by atoms with E-state index in [9.17, 15) is 4.79 Å². The number of hydrogen-bond donors (Lipinski definition) is 2. The number of aromatic amines is 1. The van der Waals surface area contributed by atoms with Crippen LogP contribution in [-0.4, -0.2) is 19.7 Å². The first-order valence-corrected chi connectivity index (χ1v) is 6.54. The summed E-state index contributed by atoms with van der Waals surface area (Å²) in [7, 11) is 0. The van der Waals surface area contributed by atoms with Gasteiger partial charge in [0.25, 0.3) is 5.56 Å². The molecule has 3 rings (SSSR count). The third-order valence-corrected chi connectivity index (χ3v) is 3.13. The van der Waals surface area contributed by atoms with Crippen molar-refractivity contribution < 1.29 is 0 Å². The molecule has 6 nitrogen and oxygen atoms in total. The number of anilines is 2. The number of nitrogens with zero attached hydrogens (tertiary/aromatic N) is 3. The third-order valence-electron chi connectivity index (χ3n) is 3.13. The predicted octanol–water partition coefficient (Wildman–Crippen LogP) is 2.17. The molecule has 0 saturated heterocycles. The van der Waals surface area contributed by atoms with E-state index in [1.807, 2.05) is 10.9 Å². The predicted molar refractivity (Wildman–Crippen MR) is 72.7 cm³/mol. The van der Waals surface area contributed by atoms with Crippen LogP contribution >= 0.6 is 0 Å². The molecule has 1 fully saturated rings. The Morgan fingerprint density at radius 2 is 2.26 bits per heavy atom. The van der Waals surface area contributed by atoms with Crippen molar-refractivity contribution in [2.24, 2.45) is 0 Å². The zero-order chi connectivity index (χ0) is 13.4. The van der Waals surface area contributed by atoms with E-state index in [0.717, 1.165) is 24.4 Å². The van der Waals surface area contributed by atoms with E-state index >= 15 is 0 Å². The molecule has 0 amide bonds. The van der Waals surface area contributed by atoms with Crippen molar-refractivity contribution >= 4 is 11.5 Å². The van der Waals surface area contributed by atoms with Crippen molar-refractivity contribution in [3.63, 3.8) is 0 Å². The van der Waals surface area contributed by atoms with Crippen molar-refractivity contribution in [2.75, 3.05) is 5.32 Å². The Labute approximate surface area is 110 Å². The summed E-state index contributed by atoms with van der Waals surface area (Å²) in [4.78, 5) is 18.8. The molecule has 1 aliphatic rings. The smallest absolute Gasteiger partial charge is 0.252 e. The van der Waals surface area contributed by atoms with Gasteiger partial charge >= 0.3 is 0 Å². The molecule has 0 atom stereocenters. The Kier molecular flexibility index (Phi) is 2.85. The molecule has 1 saturated carbocycles. The zero-order valence-electron chi connectivity index (χ0n) is 11.1. The topological polar surface area (TPSA) is 75.6 Å². The van der Waals surface area contributed by atoms with Crippen LogP contribution in [0.3, 0.4) is 0 Å². The average molecular weight is 259 g/mol. The SMILES string of the molecule is CC(C)n1cc(Nc2cc(=O)[nH]c(C3CC3)n2)cn1. The lowest BCUT2D eigenvalue weighted by Crippen LogP contribution is -2.11. The molecular weight excluding hydrogens is 242 g/mol. The van der Waals surface area contributed by atoms with Gasteiger partial charge in [0.1, 0.15) is 11.6 Å². The van der Waals surface area contributed by atoms with Gasteiger partial charge in [0, 0.05) is 24.2 Å². The first-order valence-electron chi connectivity index (χ1n) is 6.54. The Morgan fingerprint density at radius 1 is 1.47 bits per heavy atom. The van der Waals surface area contributed by atoms with Gasteiger partial charge in [0.2, 0.25) is 0 Å². The maximum atomic E-state index is 11.6. The maximum Gasteiger partial charge on any atom is 0.252 e. The van der Waals surface area contributed by atoms with Crippen LogP contribution in [0.2, 0.25) is 0 Å². The van der Waals surface area contributed by atoms with Crippen molar-refractivity contribution in [3.05, 3.63) is 34.6 Å². The molecule has 6 heteroatoms. The summed E-state index contributed by atoms with van der Waals surface area (Å²) in [5, 5.41) is 7.37. The molecule has 0 aliphatic heterocycles. The van der Waals surface area contributed by atoms with Crippen LogP contribution < -0.4 is 10.9 Å². The molecule has 2 heterocycles. The molecule has 2 aromatic heterocycles. The van der Waals surface area contributed by atoms with Gasteiger partial charge in [0.05, 0.1) is 11.9 Å².